The van der Waals surface area contributed by atoms with Gasteiger partial charge in [0, 0.05) is 12.2 Å². The van der Waals surface area contributed by atoms with Crippen LogP contribution in [-0.4, -0.2) is 95.1 Å². The Bertz CT molecular complexity index is 1400. The van der Waals surface area contributed by atoms with Gasteiger partial charge in [-0.2, -0.15) is 12.6 Å². The lowest BCUT2D eigenvalue weighted by atomic mass is 9.97. The summed E-state index contributed by atoms with van der Waals surface area (Å²) < 4.78 is 0. The standard InChI is InChI=1S/C38H63N7O8S/c1-9-23(7)31(37(51)43-29(20-54)36(50)45-32(38(52)53)24(8)10-2)44-30(46)19-40-34(48)28(18-25-14-12-11-13-15-25)42-35(49)27(17-22(5)6)41-33(47)26(39)16-21(3)4/h11-15,21-24,26-29,31-32,54H,9-10,16-20,39H2,1-8H3,(H,40,48)(H,41,47)(H,42,49)(H,43,51)(H,44,46)(H,45,50)(H,52,53). The van der Waals surface area contributed by atoms with Crippen molar-refractivity contribution in [2.24, 2.45) is 29.4 Å². The number of hydrogen-bond acceptors (Lipinski definition) is 9. The number of nitrogens with one attached hydrogen (secondary N) is 6. The molecule has 0 aliphatic heterocycles. The summed E-state index contributed by atoms with van der Waals surface area (Å²) in [5.41, 5.74) is 6.81. The molecule has 0 radical (unpaired) electrons. The predicted octanol–water partition coefficient (Wildman–Crippen LogP) is 1.30. The van der Waals surface area contributed by atoms with E-state index < -0.39 is 90.1 Å². The van der Waals surface area contributed by atoms with Gasteiger partial charge in [0.15, 0.2) is 0 Å². The zero-order valence-electron chi connectivity index (χ0n) is 32.9. The van der Waals surface area contributed by atoms with E-state index in [2.05, 4.69) is 44.5 Å². The molecule has 0 aliphatic rings. The number of hydrogen-bond donors (Lipinski definition) is 9. The Morgan fingerprint density at radius 2 is 1.17 bits per heavy atom. The molecule has 0 fully saturated rings. The zero-order valence-corrected chi connectivity index (χ0v) is 33.8. The van der Waals surface area contributed by atoms with Crippen LogP contribution in [0.15, 0.2) is 30.3 Å². The largest absolute Gasteiger partial charge is 0.480 e. The van der Waals surface area contributed by atoms with E-state index in [1.165, 1.54) is 0 Å². The van der Waals surface area contributed by atoms with Crippen molar-refractivity contribution in [3.05, 3.63) is 35.9 Å². The fourth-order valence-corrected chi connectivity index (χ4v) is 5.79. The van der Waals surface area contributed by atoms with Crippen LogP contribution in [0.1, 0.15) is 86.6 Å². The molecule has 0 aromatic heterocycles. The number of carbonyl (C=O) groups excluding carboxylic acids is 6. The van der Waals surface area contributed by atoms with Crippen LogP contribution in [0.5, 0.6) is 0 Å². The zero-order chi connectivity index (χ0) is 41.1. The van der Waals surface area contributed by atoms with Crippen molar-refractivity contribution in [1.29, 1.82) is 0 Å². The molecule has 16 heteroatoms. The summed E-state index contributed by atoms with van der Waals surface area (Å²) in [5, 5.41) is 25.3. The van der Waals surface area contributed by atoms with Crippen LogP contribution in [-0.2, 0) is 40.0 Å². The monoisotopic (exact) mass is 777 g/mol. The lowest BCUT2D eigenvalue weighted by molar-refractivity contribution is -0.143. The lowest BCUT2D eigenvalue weighted by Crippen LogP contribution is -2.59. The molecule has 0 saturated carbocycles. The van der Waals surface area contributed by atoms with E-state index in [9.17, 15) is 38.7 Å². The molecular weight excluding hydrogens is 715 g/mol. The maximum absolute atomic E-state index is 13.6. The molecule has 8 atom stereocenters. The molecule has 1 aromatic carbocycles. The highest BCUT2D eigenvalue weighted by Gasteiger charge is 2.33. The number of benzene rings is 1. The van der Waals surface area contributed by atoms with Crippen LogP contribution in [0, 0.1) is 23.7 Å². The van der Waals surface area contributed by atoms with Crippen molar-refractivity contribution in [3.63, 3.8) is 0 Å². The van der Waals surface area contributed by atoms with E-state index in [-0.39, 0.29) is 29.9 Å². The van der Waals surface area contributed by atoms with E-state index in [1.54, 1.807) is 45.0 Å². The van der Waals surface area contributed by atoms with Gasteiger partial charge in [0.1, 0.15) is 30.2 Å². The summed E-state index contributed by atoms with van der Waals surface area (Å²) in [6, 6.07) is 2.60. The van der Waals surface area contributed by atoms with Gasteiger partial charge in [0.25, 0.3) is 0 Å². The lowest BCUT2D eigenvalue weighted by Gasteiger charge is -2.27. The Morgan fingerprint density at radius 3 is 1.69 bits per heavy atom. The van der Waals surface area contributed by atoms with Crippen LogP contribution >= 0.6 is 12.6 Å². The van der Waals surface area contributed by atoms with Gasteiger partial charge in [-0.25, -0.2) is 4.79 Å². The Morgan fingerprint density at radius 1 is 0.648 bits per heavy atom. The van der Waals surface area contributed by atoms with Crippen molar-refractivity contribution in [3.8, 4) is 0 Å². The minimum atomic E-state index is -1.21. The van der Waals surface area contributed by atoms with Crippen molar-refractivity contribution in [2.45, 2.75) is 124 Å². The summed E-state index contributed by atoms with van der Waals surface area (Å²) in [6.45, 7) is 14.2. The number of carboxylic acids is 1. The van der Waals surface area contributed by atoms with Gasteiger partial charge in [0.2, 0.25) is 35.4 Å². The third kappa shape index (κ3) is 16.9. The predicted molar refractivity (Wildman–Crippen MR) is 210 cm³/mol. The quantitative estimate of drug-likeness (QED) is 0.0687. The van der Waals surface area contributed by atoms with E-state index >= 15 is 0 Å². The van der Waals surface area contributed by atoms with E-state index in [4.69, 9.17) is 5.73 Å². The fraction of sp³-hybridized carbons (Fsp3) is 0.658. The Hall–Kier alpha value is -4.18. The van der Waals surface area contributed by atoms with Crippen LogP contribution in [0.4, 0.5) is 0 Å². The number of rotatable bonds is 24. The average Bonchev–Trinajstić information content (AvgIpc) is 3.12. The Kier molecular flexibility index (Phi) is 21.5. The number of aliphatic carboxylic acids is 1. The molecule has 1 rings (SSSR count). The first-order chi connectivity index (χ1) is 25.3. The minimum Gasteiger partial charge on any atom is -0.480 e. The SMILES string of the molecule is CCC(C)C(NC(=O)C(CS)NC(=O)C(NC(=O)CNC(=O)C(Cc1ccccc1)NC(=O)C(CC(C)C)NC(=O)C(N)CC(C)C)C(C)CC)C(=O)O. The molecule has 0 bridgehead atoms. The summed E-state index contributed by atoms with van der Waals surface area (Å²) in [4.78, 5) is 91.3. The first-order valence-corrected chi connectivity index (χ1v) is 19.4. The number of thiol groups is 1. The molecule has 54 heavy (non-hydrogen) atoms. The van der Waals surface area contributed by atoms with E-state index in [0.717, 1.165) is 5.56 Å². The van der Waals surface area contributed by atoms with Gasteiger partial charge in [-0.05, 0) is 42.1 Å². The third-order valence-corrected chi connectivity index (χ3v) is 9.51. The molecule has 8 unspecified atom stereocenters. The average molecular weight is 778 g/mol. The Labute approximate surface area is 325 Å². The fourth-order valence-electron chi connectivity index (χ4n) is 5.54. The molecule has 0 heterocycles. The first-order valence-electron chi connectivity index (χ1n) is 18.8. The highest BCUT2D eigenvalue weighted by atomic mass is 32.1. The van der Waals surface area contributed by atoms with Crippen molar-refractivity contribution in [1.82, 2.24) is 31.9 Å². The molecular formula is C38H63N7O8S. The van der Waals surface area contributed by atoms with E-state index in [0.29, 0.717) is 25.7 Å². The topological polar surface area (TPSA) is 238 Å². The molecule has 0 spiro atoms. The highest BCUT2D eigenvalue weighted by Crippen LogP contribution is 2.12. The first kappa shape index (κ1) is 47.8. The van der Waals surface area contributed by atoms with Crippen molar-refractivity contribution in [2.75, 3.05) is 12.3 Å². The second-order valence-corrected chi connectivity index (χ2v) is 15.1. The van der Waals surface area contributed by atoms with Gasteiger partial charge in [-0.1, -0.05) is 98.6 Å². The number of nitrogens with two attached hydrogens (primary N) is 1. The summed E-state index contributed by atoms with van der Waals surface area (Å²) >= 11 is 4.18. The molecule has 9 N–H and O–H groups in total. The van der Waals surface area contributed by atoms with Gasteiger partial charge < -0.3 is 42.7 Å². The summed E-state index contributed by atoms with van der Waals surface area (Å²) in [6.07, 6.45) is 1.77. The van der Waals surface area contributed by atoms with Crippen LogP contribution in [0.2, 0.25) is 0 Å². The van der Waals surface area contributed by atoms with Crippen LogP contribution < -0.4 is 37.6 Å². The summed E-state index contributed by atoms with van der Waals surface area (Å²) in [7, 11) is 0. The second kappa shape index (κ2) is 24.3. The van der Waals surface area contributed by atoms with Crippen molar-refractivity contribution < 1.29 is 38.7 Å². The molecule has 1 aromatic rings. The van der Waals surface area contributed by atoms with E-state index in [1.807, 2.05) is 40.7 Å². The Balaban J connectivity index is 3.12. The molecule has 6 amide bonds. The van der Waals surface area contributed by atoms with Gasteiger partial charge in [-0.3, -0.25) is 28.8 Å². The van der Waals surface area contributed by atoms with Gasteiger partial charge in [-0.15, -0.1) is 0 Å². The van der Waals surface area contributed by atoms with Gasteiger partial charge >= 0.3 is 5.97 Å². The summed E-state index contributed by atoms with van der Waals surface area (Å²) in [5.74, 6) is -5.75. The molecule has 0 aliphatic carbocycles. The normalized spacial score (nSPS) is 15.7. The maximum atomic E-state index is 13.6. The smallest absolute Gasteiger partial charge is 0.326 e. The molecule has 15 nitrogen and oxygen atoms in total. The molecule has 304 valence electrons. The maximum Gasteiger partial charge on any atom is 0.326 e. The highest BCUT2D eigenvalue weighted by molar-refractivity contribution is 7.80. The second-order valence-electron chi connectivity index (χ2n) is 14.8. The number of carboxylic acid groups (broad SMARTS) is 1. The van der Waals surface area contributed by atoms with Crippen molar-refractivity contribution >= 4 is 54.0 Å². The molecule has 0 saturated heterocycles. The third-order valence-electron chi connectivity index (χ3n) is 9.15. The van der Waals surface area contributed by atoms with Crippen LogP contribution in [0.3, 0.4) is 0 Å². The number of carbonyl (C=O) groups is 7. The minimum absolute atomic E-state index is 0.0203. The van der Waals surface area contributed by atoms with Crippen LogP contribution in [0.25, 0.3) is 0 Å². The number of amides is 6. The van der Waals surface area contributed by atoms with Gasteiger partial charge in [0.05, 0.1) is 12.6 Å².